The molecule has 2 nitrogen and oxygen atoms in total. The van der Waals surface area contributed by atoms with Crippen LogP contribution in [0.15, 0.2) is 96.6 Å². The summed E-state index contributed by atoms with van der Waals surface area (Å²) in [7, 11) is 0. The van der Waals surface area contributed by atoms with Gasteiger partial charge >= 0.3 is 0 Å². The lowest BCUT2D eigenvalue weighted by atomic mass is 9.52. The van der Waals surface area contributed by atoms with Crippen LogP contribution in [-0.2, 0) is 15.9 Å². The van der Waals surface area contributed by atoms with Crippen molar-refractivity contribution in [1.82, 2.24) is 0 Å². The van der Waals surface area contributed by atoms with Crippen LogP contribution in [0, 0.1) is 16.7 Å². The molecule has 1 aliphatic carbocycles. The van der Waals surface area contributed by atoms with E-state index in [4.69, 9.17) is 4.74 Å². The number of nitrogens with zero attached hydrogens (tertiary/aromatic N) is 1. The summed E-state index contributed by atoms with van der Waals surface area (Å²) in [4.78, 5) is 0. The van der Waals surface area contributed by atoms with E-state index in [1.54, 1.807) is 0 Å². The van der Waals surface area contributed by atoms with Crippen molar-refractivity contribution in [2.45, 2.75) is 30.5 Å². The molecule has 3 aromatic rings. The van der Waals surface area contributed by atoms with E-state index >= 15 is 0 Å². The average molecular weight is 375 g/mol. The van der Waals surface area contributed by atoms with Crippen molar-refractivity contribution >= 4 is 0 Å². The molecule has 1 fully saturated rings. The molecule has 3 aliphatic rings. The van der Waals surface area contributed by atoms with E-state index in [2.05, 4.69) is 72.8 Å². The number of hydrogen-bond acceptors (Lipinski definition) is 2. The van der Waals surface area contributed by atoms with Crippen LogP contribution in [0.5, 0.6) is 0 Å². The van der Waals surface area contributed by atoms with E-state index in [-0.39, 0.29) is 0 Å². The molecule has 0 spiro atoms. The highest BCUT2D eigenvalue weighted by Crippen LogP contribution is 2.75. The van der Waals surface area contributed by atoms with E-state index in [0.29, 0.717) is 0 Å². The summed E-state index contributed by atoms with van der Waals surface area (Å²) < 4.78 is 7.24. The van der Waals surface area contributed by atoms with Gasteiger partial charge in [-0.1, -0.05) is 91.0 Å². The maximum atomic E-state index is 10.7. The molecule has 0 saturated carbocycles. The molecule has 2 heterocycles. The Morgan fingerprint density at radius 1 is 0.759 bits per heavy atom. The third-order valence-corrected chi connectivity index (χ3v) is 7.09. The van der Waals surface area contributed by atoms with Gasteiger partial charge in [-0.2, -0.15) is 5.26 Å². The third kappa shape index (κ3) is 1.76. The zero-order valence-electron chi connectivity index (χ0n) is 16.1. The lowest BCUT2D eigenvalue weighted by molar-refractivity contribution is -0.0616. The fraction of sp³-hybridized carbons (Fsp3) is 0.222. The number of benzene rings is 3. The molecule has 1 saturated heterocycles. The van der Waals surface area contributed by atoms with Crippen LogP contribution >= 0.6 is 0 Å². The minimum Gasteiger partial charge on any atom is -0.343 e. The molecule has 29 heavy (non-hydrogen) atoms. The summed E-state index contributed by atoms with van der Waals surface area (Å²) in [6, 6.07) is 32.1. The van der Waals surface area contributed by atoms with E-state index in [9.17, 15) is 5.26 Å². The SMILES string of the molecule is N#C[C@@]12CCCC=C1[C@]1(c3ccccc3)O[C@@]2(c2ccccc2)c2ccccc21. The van der Waals surface area contributed by atoms with Gasteiger partial charge in [0.2, 0.25) is 0 Å². The second kappa shape index (κ2) is 5.69. The Balaban J connectivity index is 1.80. The Bertz CT molecular complexity index is 1180. The molecule has 3 aromatic carbocycles. The fourth-order valence-electron chi connectivity index (χ4n) is 6.06. The van der Waals surface area contributed by atoms with Crippen LogP contribution in [0.3, 0.4) is 0 Å². The summed E-state index contributed by atoms with van der Waals surface area (Å²) >= 11 is 0. The van der Waals surface area contributed by atoms with Crippen molar-refractivity contribution in [3.8, 4) is 6.07 Å². The highest BCUT2D eigenvalue weighted by Gasteiger charge is 2.76. The molecule has 6 rings (SSSR count). The normalized spacial score (nSPS) is 31.5. The molecule has 2 aliphatic heterocycles. The molecular formula is C27H21NO. The highest BCUT2D eigenvalue weighted by molar-refractivity contribution is 5.68. The number of rotatable bonds is 2. The van der Waals surface area contributed by atoms with Gasteiger partial charge in [-0.3, -0.25) is 0 Å². The van der Waals surface area contributed by atoms with E-state index < -0.39 is 16.6 Å². The molecular weight excluding hydrogens is 354 g/mol. The number of nitriles is 1. The Labute approximate surface area is 171 Å². The van der Waals surface area contributed by atoms with Crippen LogP contribution < -0.4 is 0 Å². The molecule has 0 unspecified atom stereocenters. The molecule has 140 valence electrons. The van der Waals surface area contributed by atoms with Gasteiger partial charge in [0.1, 0.15) is 16.6 Å². The van der Waals surface area contributed by atoms with Gasteiger partial charge in [0.15, 0.2) is 0 Å². The molecule has 0 amide bonds. The number of hydrogen-bond donors (Lipinski definition) is 0. The van der Waals surface area contributed by atoms with Crippen LogP contribution in [0.4, 0.5) is 0 Å². The first-order valence-corrected chi connectivity index (χ1v) is 10.3. The molecule has 0 radical (unpaired) electrons. The van der Waals surface area contributed by atoms with Gasteiger partial charge < -0.3 is 4.74 Å². The topological polar surface area (TPSA) is 33.0 Å². The summed E-state index contributed by atoms with van der Waals surface area (Å²) in [6.07, 6.45) is 5.10. The molecule has 2 heteroatoms. The van der Waals surface area contributed by atoms with Crippen molar-refractivity contribution in [2.75, 3.05) is 0 Å². The van der Waals surface area contributed by atoms with Crippen molar-refractivity contribution in [2.24, 2.45) is 5.41 Å². The largest absolute Gasteiger partial charge is 0.343 e. The predicted octanol–water partition coefficient (Wildman–Crippen LogP) is 5.84. The van der Waals surface area contributed by atoms with E-state index in [0.717, 1.165) is 41.5 Å². The zero-order chi connectivity index (χ0) is 19.5. The number of fused-ring (bicyclic) bond motifs is 8. The maximum absolute atomic E-state index is 10.7. The maximum Gasteiger partial charge on any atom is 0.143 e. The van der Waals surface area contributed by atoms with Gasteiger partial charge in [0.05, 0.1) is 6.07 Å². The van der Waals surface area contributed by atoms with Crippen molar-refractivity contribution < 1.29 is 4.74 Å². The summed E-state index contributed by atoms with van der Waals surface area (Å²) in [5.74, 6) is 0. The van der Waals surface area contributed by atoms with Crippen LogP contribution in [0.25, 0.3) is 0 Å². The number of ether oxygens (including phenoxy) is 1. The standard InChI is InChI=1S/C27H21NO/c28-19-25-18-10-9-17-24(25)26(20-11-3-1-4-12-20)22-15-7-8-16-23(22)27(25,29-26)21-13-5-2-6-14-21/h1-8,11-17H,9-10,18H2/t25-,26+,27-/m0/s1. The van der Waals surface area contributed by atoms with Crippen molar-refractivity contribution in [3.05, 3.63) is 119 Å². The minimum atomic E-state index is -0.790. The Kier molecular flexibility index (Phi) is 3.29. The lowest BCUT2D eigenvalue weighted by Gasteiger charge is -2.44. The van der Waals surface area contributed by atoms with Crippen molar-refractivity contribution in [3.63, 3.8) is 0 Å². The fourth-order valence-corrected chi connectivity index (χ4v) is 6.06. The number of allylic oxidation sites excluding steroid dienone is 1. The highest BCUT2D eigenvalue weighted by atomic mass is 16.5. The zero-order valence-corrected chi connectivity index (χ0v) is 16.1. The first-order chi connectivity index (χ1) is 14.3. The van der Waals surface area contributed by atoms with Gasteiger partial charge in [0, 0.05) is 0 Å². The van der Waals surface area contributed by atoms with Crippen molar-refractivity contribution in [1.29, 1.82) is 5.26 Å². The van der Waals surface area contributed by atoms with Gasteiger partial charge in [-0.25, -0.2) is 0 Å². The van der Waals surface area contributed by atoms with Gasteiger partial charge in [-0.15, -0.1) is 0 Å². The van der Waals surface area contributed by atoms with Gasteiger partial charge in [0.25, 0.3) is 0 Å². The Hall–Kier alpha value is -3.15. The minimum absolute atomic E-state index is 0.698. The second-order valence-electron chi connectivity index (χ2n) is 8.27. The first-order valence-electron chi connectivity index (χ1n) is 10.3. The summed E-state index contributed by atoms with van der Waals surface area (Å²) in [5.41, 5.74) is 3.42. The first kappa shape index (κ1) is 16.8. The van der Waals surface area contributed by atoms with Crippen LogP contribution in [0.1, 0.15) is 41.5 Å². The predicted molar refractivity (Wildman–Crippen MR) is 112 cm³/mol. The summed E-state index contributed by atoms with van der Waals surface area (Å²) in [5, 5.41) is 10.7. The van der Waals surface area contributed by atoms with E-state index in [1.807, 2.05) is 24.3 Å². The molecule has 3 atom stereocenters. The average Bonchev–Trinajstić information content (AvgIpc) is 3.28. The second-order valence-corrected chi connectivity index (χ2v) is 8.27. The third-order valence-electron chi connectivity index (χ3n) is 7.09. The van der Waals surface area contributed by atoms with E-state index in [1.165, 1.54) is 5.56 Å². The molecule has 2 bridgehead atoms. The Morgan fingerprint density at radius 2 is 1.38 bits per heavy atom. The quantitative estimate of drug-likeness (QED) is 0.527. The molecule has 0 aromatic heterocycles. The van der Waals surface area contributed by atoms with Crippen LogP contribution in [0.2, 0.25) is 0 Å². The monoisotopic (exact) mass is 375 g/mol. The smallest absolute Gasteiger partial charge is 0.143 e. The lowest BCUT2D eigenvalue weighted by Crippen LogP contribution is -2.46. The Morgan fingerprint density at radius 3 is 2.07 bits per heavy atom. The summed E-state index contributed by atoms with van der Waals surface area (Å²) in [6.45, 7) is 0. The molecule has 0 N–H and O–H groups in total. The van der Waals surface area contributed by atoms with Gasteiger partial charge in [-0.05, 0) is 47.1 Å². The van der Waals surface area contributed by atoms with Crippen LogP contribution in [-0.4, -0.2) is 0 Å².